The molecule has 1 aliphatic rings. The number of methoxy groups -OCH3 is 1. The van der Waals surface area contributed by atoms with Gasteiger partial charge in [-0.1, -0.05) is 19.9 Å². The molecule has 1 atom stereocenters. The van der Waals surface area contributed by atoms with Crippen molar-refractivity contribution in [2.75, 3.05) is 39.9 Å². The first-order valence-electron chi connectivity index (χ1n) is 8.46. The van der Waals surface area contributed by atoms with Crippen molar-refractivity contribution in [3.63, 3.8) is 0 Å². The maximum Gasteiger partial charge on any atom is 0.160 e. The second-order valence-electron chi connectivity index (χ2n) is 6.80. The van der Waals surface area contributed by atoms with E-state index >= 15 is 0 Å². The number of benzene rings is 1. The number of piperazine rings is 1. The Bertz CT molecular complexity index is 493. The van der Waals surface area contributed by atoms with Gasteiger partial charge in [0.05, 0.1) is 7.11 Å². The lowest BCUT2D eigenvalue weighted by atomic mass is 10.1. The molecule has 2 N–H and O–H groups in total. The number of ether oxygens (including phenoxy) is 1. The summed E-state index contributed by atoms with van der Waals surface area (Å²) in [5, 5.41) is 19.1. The summed E-state index contributed by atoms with van der Waals surface area (Å²) >= 11 is 0. The highest BCUT2D eigenvalue weighted by atomic mass is 16.5. The van der Waals surface area contributed by atoms with E-state index in [9.17, 15) is 10.2 Å². The van der Waals surface area contributed by atoms with Crippen molar-refractivity contribution < 1.29 is 14.9 Å². The van der Waals surface area contributed by atoms with Crippen molar-refractivity contribution in [2.45, 2.75) is 32.9 Å². The molecule has 1 aromatic rings. The summed E-state index contributed by atoms with van der Waals surface area (Å²) in [6.07, 6.45) is 0.822. The topological polar surface area (TPSA) is 56.2 Å². The standard InChI is InChI=1S/C18H30N2O3/c1-14(2)11-20-8-7-19(13-16(20)6-9-21)12-15-4-5-17(22)18(10-15)23-3/h4-5,10,14,16,21-22H,6-9,11-13H2,1-3H3/t16-/m0/s1. The zero-order valence-electron chi connectivity index (χ0n) is 14.5. The minimum atomic E-state index is 0.177. The second-order valence-corrected chi connectivity index (χ2v) is 6.80. The van der Waals surface area contributed by atoms with Gasteiger partial charge >= 0.3 is 0 Å². The first kappa shape index (κ1) is 18.0. The predicted molar refractivity (Wildman–Crippen MR) is 91.8 cm³/mol. The number of rotatable bonds is 7. The molecule has 0 aliphatic carbocycles. The number of aromatic hydroxyl groups is 1. The van der Waals surface area contributed by atoms with Crippen LogP contribution >= 0.6 is 0 Å². The molecule has 1 saturated heterocycles. The first-order valence-corrected chi connectivity index (χ1v) is 8.46. The van der Waals surface area contributed by atoms with Crippen molar-refractivity contribution in [1.29, 1.82) is 0 Å². The fourth-order valence-electron chi connectivity index (χ4n) is 3.31. The van der Waals surface area contributed by atoms with E-state index in [4.69, 9.17) is 4.74 Å². The van der Waals surface area contributed by atoms with E-state index in [1.54, 1.807) is 13.2 Å². The summed E-state index contributed by atoms with van der Waals surface area (Å²) in [6, 6.07) is 5.94. The SMILES string of the molecule is COc1cc(CN2CCN(CC(C)C)[C@@H](CCO)C2)ccc1O. The van der Waals surface area contributed by atoms with E-state index in [1.807, 2.05) is 12.1 Å². The summed E-state index contributed by atoms with van der Waals surface area (Å²) in [6.45, 7) is 9.68. The average Bonchev–Trinajstić information content (AvgIpc) is 2.51. The average molecular weight is 322 g/mol. The molecule has 1 heterocycles. The van der Waals surface area contributed by atoms with Gasteiger partial charge < -0.3 is 14.9 Å². The summed E-state index contributed by atoms with van der Waals surface area (Å²) in [5.41, 5.74) is 1.14. The Morgan fingerprint density at radius 3 is 2.74 bits per heavy atom. The monoisotopic (exact) mass is 322 g/mol. The van der Waals surface area contributed by atoms with Crippen LogP contribution in [0.4, 0.5) is 0 Å². The lowest BCUT2D eigenvalue weighted by molar-refractivity contribution is 0.0476. The third-order valence-corrected chi connectivity index (χ3v) is 4.40. The second kappa shape index (κ2) is 8.52. The van der Waals surface area contributed by atoms with Gasteiger partial charge in [-0.3, -0.25) is 9.80 Å². The van der Waals surface area contributed by atoms with E-state index in [1.165, 1.54) is 0 Å². The molecule has 0 spiro atoms. The highest BCUT2D eigenvalue weighted by Gasteiger charge is 2.26. The molecule has 1 fully saturated rings. The largest absolute Gasteiger partial charge is 0.504 e. The highest BCUT2D eigenvalue weighted by molar-refractivity contribution is 5.41. The molecular formula is C18H30N2O3. The lowest BCUT2D eigenvalue weighted by Gasteiger charge is -2.42. The van der Waals surface area contributed by atoms with Crippen LogP contribution in [-0.4, -0.2) is 66.0 Å². The Morgan fingerprint density at radius 2 is 2.09 bits per heavy atom. The normalized spacial score (nSPS) is 20.1. The maximum atomic E-state index is 9.70. The number of hydrogen-bond acceptors (Lipinski definition) is 5. The van der Waals surface area contributed by atoms with Gasteiger partial charge in [-0.25, -0.2) is 0 Å². The quantitative estimate of drug-likeness (QED) is 0.803. The van der Waals surface area contributed by atoms with E-state index in [2.05, 4.69) is 23.6 Å². The molecule has 130 valence electrons. The van der Waals surface area contributed by atoms with Crippen LogP contribution < -0.4 is 4.74 Å². The van der Waals surface area contributed by atoms with Crippen molar-refractivity contribution in [2.24, 2.45) is 5.92 Å². The van der Waals surface area contributed by atoms with Crippen LogP contribution in [0.5, 0.6) is 11.5 Å². The Hall–Kier alpha value is -1.30. The van der Waals surface area contributed by atoms with Gasteiger partial charge in [0.1, 0.15) is 0 Å². The van der Waals surface area contributed by atoms with Gasteiger partial charge in [0, 0.05) is 45.4 Å². The number of phenols is 1. The molecule has 5 nitrogen and oxygen atoms in total. The van der Waals surface area contributed by atoms with Gasteiger partial charge in [0.25, 0.3) is 0 Å². The molecule has 0 amide bonds. The maximum absolute atomic E-state index is 9.70. The van der Waals surface area contributed by atoms with Gasteiger partial charge in [-0.05, 0) is 30.0 Å². The van der Waals surface area contributed by atoms with Crippen LogP contribution in [0.3, 0.4) is 0 Å². The van der Waals surface area contributed by atoms with Crippen molar-refractivity contribution in [3.05, 3.63) is 23.8 Å². The van der Waals surface area contributed by atoms with Crippen molar-refractivity contribution in [1.82, 2.24) is 9.80 Å². The van der Waals surface area contributed by atoms with Crippen LogP contribution in [0.25, 0.3) is 0 Å². The molecular weight excluding hydrogens is 292 g/mol. The number of aliphatic hydroxyl groups excluding tert-OH is 1. The van der Waals surface area contributed by atoms with Gasteiger partial charge in [-0.2, -0.15) is 0 Å². The Balaban J connectivity index is 1.99. The summed E-state index contributed by atoms with van der Waals surface area (Å²) in [5.74, 6) is 1.34. The van der Waals surface area contributed by atoms with E-state index in [0.717, 1.165) is 44.7 Å². The molecule has 1 aliphatic heterocycles. The molecule has 1 aromatic carbocycles. The summed E-state index contributed by atoms with van der Waals surface area (Å²) in [4.78, 5) is 4.93. The molecule has 0 unspecified atom stereocenters. The summed E-state index contributed by atoms with van der Waals surface area (Å²) in [7, 11) is 1.57. The minimum absolute atomic E-state index is 0.177. The smallest absolute Gasteiger partial charge is 0.160 e. The fraction of sp³-hybridized carbons (Fsp3) is 0.667. The van der Waals surface area contributed by atoms with Crippen molar-refractivity contribution in [3.8, 4) is 11.5 Å². The highest BCUT2D eigenvalue weighted by Crippen LogP contribution is 2.27. The molecule has 0 radical (unpaired) electrons. The van der Waals surface area contributed by atoms with Crippen LogP contribution in [0.15, 0.2) is 18.2 Å². The molecule has 0 saturated carbocycles. The number of nitrogens with zero attached hydrogens (tertiary/aromatic N) is 2. The zero-order chi connectivity index (χ0) is 16.8. The van der Waals surface area contributed by atoms with Gasteiger partial charge in [-0.15, -0.1) is 0 Å². The zero-order valence-corrected chi connectivity index (χ0v) is 14.5. The third kappa shape index (κ3) is 5.09. The molecule has 0 bridgehead atoms. The van der Waals surface area contributed by atoms with Crippen LogP contribution in [-0.2, 0) is 6.54 Å². The fourth-order valence-corrected chi connectivity index (χ4v) is 3.31. The molecule has 23 heavy (non-hydrogen) atoms. The number of aliphatic hydroxyl groups is 1. The van der Waals surface area contributed by atoms with E-state index in [0.29, 0.717) is 17.7 Å². The van der Waals surface area contributed by atoms with E-state index < -0.39 is 0 Å². The Morgan fingerprint density at radius 1 is 1.30 bits per heavy atom. The number of hydrogen-bond donors (Lipinski definition) is 2. The van der Waals surface area contributed by atoms with E-state index in [-0.39, 0.29) is 12.4 Å². The molecule has 0 aromatic heterocycles. The Kier molecular flexibility index (Phi) is 6.69. The number of phenolic OH excluding ortho intramolecular Hbond substituents is 1. The predicted octanol–water partition coefficient (Wildman–Crippen LogP) is 1.93. The molecule has 5 heteroatoms. The van der Waals surface area contributed by atoms with Crippen LogP contribution in [0, 0.1) is 5.92 Å². The molecule has 2 rings (SSSR count). The van der Waals surface area contributed by atoms with Crippen LogP contribution in [0.2, 0.25) is 0 Å². The summed E-state index contributed by atoms with van der Waals surface area (Å²) < 4.78 is 5.19. The van der Waals surface area contributed by atoms with Gasteiger partial charge in [0.15, 0.2) is 11.5 Å². The minimum Gasteiger partial charge on any atom is -0.504 e. The Labute approximate surface area is 139 Å². The first-order chi connectivity index (χ1) is 11.0. The van der Waals surface area contributed by atoms with Gasteiger partial charge in [0.2, 0.25) is 0 Å². The lowest BCUT2D eigenvalue weighted by Crippen LogP contribution is -2.53. The van der Waals surface area contributed by atoms with Crippen molar-refractivity contribution >= 4 is 0 Å². The third-order valence-electron chi connectivity index (χ3n) is 4.40. The van der Waals surface area contributed by atoms with Crippen LogP contribution in [0.1, 0.15) is 25.8 Å².